The molecule has 2 saturated heterocycles. The van der Waals surface area contributed by atoms with Crippen molar-refractivity contribution in [1.82, 2.24) is 15.2 Å². The molecule has 0 radical (unpaired) electrons. The number of hydrogen-bond acceptors (Lipinski definition) is 5. The third kappa shape index (κ3) is 4.30. The highest BCUT2D eigenvalue weighted by molar-refractivity contribution is 5.95. The van der Waals surface area contributed by atoms with E-state index in [0.717, 1.165) is 25.9 Å². The Morgan fingerprint density at radius 2 is 1.97 bits per heavy atom. The van der Waals surface area contributed by atoms with E-state index in [0.29, 0.717) is 22.2 Å². The summed E-state index contributed by atoms with van der Waals surface area (Å²) in [6.45, 7) is 1.30. The lowest BCUT2D eigenvalue weighted by Crippen LogP contribution is -2.48. The van der Waals surface area contributed by atoms with Gasteiger partial charge in [0.05, 0.1) is 22.9 Å². The molecule has 0 spiro atoms. The third-order valence-corrected chi connectivity index (χ3v) is 6.35. The van der Waals surface area contributed by atoms with Crippen LogP contribution in [0.3, 0.4) is 0 Å². The minimum Gasteiger partial charge on any atom is -0.370 e. The maximum atomic E-state index is 13.9. The topological polar surface area (TPSA) is 72.3 Å². The number of hydrogen-bond donors (Lipinski definition) is 1. The van der Waals surface area contributed by atoms with Crippen LogP contribution in [-0.4, -0.2) is 61.2 Å². The fourth-order valence-electron chi connectivity index (χ4n) is 4.58. The molecule has 9 heteroatoms. The number of aromatic nitrogens is 1. The van der Waals surface area contributed by atoms with Gasteiger partial charge in [-0.25, -0.2) is 0 Å². The molecule has 6 nitrogen and oxygen atoms in total. The second kappa shape index (κ2) is 8.35. The van der Waals surface area contributed by atoms with Gasteiger partial charge in [-0.05, 0) is 57.2 Å². The summed E-state index contributed by atoms with van der Waals surface area (Å²) in [4.78, 5) is 20.9. The first-order valence-electron chi connectivity index (χ1n) is 10.4. The number of alkyl halides is 3. The minimum atomic E-state index is -4.48. The monoisotopic (exact) mass is 431 g/mol. The average molecular weight is 431 g/mol. The van der Waals surface area contributed by atoms with Crippen molar-refractivity contribution >= 4 is 22.5 Å². The predicted octanol–water partition coefficient (Wildman–Crippen LogP) is 2.93. The number of nitriles is 1. The molecular weight excluding hydrogens is 407 g/mol. The quantitative estimate of drug-likeness (QED) is 0.809. The van der Waals surface area contributed by atoms with Gasteiger partial charge in [-0.15, -0.1) is 0 Å². The molecule has 2 aliphatic rings. The van der Waals surface area contributed by atoms with E-state index < -0.39 is 23.9 Å². The highest BCUT2D eigenvalue weighted by atomic mass is 19.4. The fraction of sp³-hybridized carbons (Fsp3) is 0.500. The molecule has 1 aromatic heterocycles. The lowest BCUT2D eigenvalue weighted by Gasteiger charge is -2.31. The molecule has 0 bridgehead atoms. The number of carbonyl (C=O) groups excluding carboxylic acids is 1. The normalized spacial score (nSPS) is 23.1. The van der Waals surface area contributed by atoms with Crippen LogP contribution in [0, 0.1) is 23.2 Å². The number of amides is 1. The molecule has 2 atom stereocenters. The van der Waals surface area contributed by atoms with Crippen molar-refractivity contribution < 1.29 is 18.0 Å². The minimum absolute atomic E-state index is 0.0292. The molecule has 1 amide bonds. The first-order valence-corrected chi connectivity index (χ1v) is 10.4. The van der Waals surface area contributed by atoms with Gasteiger partial charge in [0.15, 0.2) is 0 Å². The summed E-state index contributed by atoms with van der Waals surface area (Å²) >= 11 is 0. The maximum absolute atomic E-state index is 13.9. The summed E-state index contributed by atoms with van der Waals surface area (Å²) in [5.74, 6) is -3.46. The predicted molar refractivity (Wildman–Crippen MR) is 110 cm³/mol. The van der Waals surface area contributed by atoms with E-state index >= 15 is 0 Å². The van der Waals surface area contributed by atoms with Crippen LogP contribution in [0.2, 0.25) is 0 Å². The van der Waals surface area contributed by atoms with Crippen molar-refractivity contribution in [3.63, 3.8) is 0 Å². The Morgan fingerprint density at radius 1 is 1.23 bits per heavy atom. The molecule has 0 saturated carbocycles. The van der Waals surface area contributed by atoms with E-state index in [2.05, 4.69) is 21.3 Å². The number of nitrogens with one attached hydrogen (secondary N) is 1. The van der Waals surface area contributed by atoms with Crippen LogP contribution >= 0.6 is 0 Å². The summed E-state index contributed by atoms with van der Waals surface area (Å²) in [7, 11) is 1.99. The van der Waals surface area contributed by atoms with Crippen molar-refractivity contribution in [2.45, 2.75) is 25.1 Å². The summed E-state index contributed by atoms with van der Waals surface area (Å²) in [6, 6.07) is 8.62. The molecule has 31 heavy (non-hydrogen) atoms. The lowest BCUT2D eigenvalue weighted by molar-refractivity contribution is -0.182. The van der Waals surface area contributed by atoms with Gasteiger partial charge in [0.25, 0.3) is 0 Å². The number of fused-ring (bicyclic) bond motifs is 1. The van der Waals surface area contributed by atoms with E-state index in [1.165, 1.54) is 0 Å². The molecule has 0 aliphatic carbocycles. The first-order chi connectivity index (χ1) is 14.8. The Labute approximate surface area is 178 Å². The average Bonchev–Trinajstić information content (AvgIpc) is 3.20. The van der Waals surface area contributed by atoms with Gasteiger partial charge in [-0.2, -0.15) is 18.4 Å². The highest BCUT2D eigenvalue weighted by Crippen LogP contribution is 2.41. The standard InChI is InChI=1S/C22H24F3N5O/c1-29-9-6-15(7-10-29)28-21(31)17-12-30(13-18(17)22(23,24)25)19-5-4-14(11-26)20-16(19)3-2-8-27-20/h2-5,8,15,17-18H,6-7,9-10,12-13H2,1H3,(H,28,31)/t17-,18-/m0/s1. The largest absolute Gasteiger partial charge is 0.394 e. The van der Waals surface area contributed by atoms with Gasteiger partial charge in [0, 0.05) is 36.4 Å². The van der Waals surface area contributed by atoms with Crippen LogP contribution in [0.5, 0.6) is 0 Å². The van der Waals surface area contributed by atoms with Gasteiger partial charge >= 0.3 is 6.18 Å². The van der Waals surface area contributed by atoms with Gasteiger partial charge in [0.2, 0.25) is 5.91 Å². The Hall–Kier alpha value is -2.86. The van der Waals surface area contributed by atoms with Crippen molar-refractivity contribution in [3.8, 4) is 6.07 Å². The van der Waals surface area contributed by atoms with Crippen LogP contribution < -0.4 is 10.2 Å². The molecule has 2 aliphatic heterocycles. The van der Waals surface area contributed by atoms with E-state index in [4.69, 9.17) is 0 Å². The van der Waals surface area contributed by atoms with E-state index in [9.17, 15) is 23.2 Å². The Morgan fingerprint density at radius 3 is 2.65 bits per heavy atom. The van der Waals surface area contributed by atoms with Crippen LogP contribution in [0.1, 0.15) is 18.4 Å². The number of anilines is 1. The third-order valence-electron chi connectivity index (χ3n) is 6.35. The maximum Gasteiger partial charge on any atom is 0.394 e. The van der Waals surface area contributed by atoms with Crippen LogP contribution in [0.15, 0.2) is 30.5 Å². The molecule has 1 aromatic carbocycles. The summed E-state index contributed by atoms with van der Waals surface area (Å²) in [5.41, 5.74) is 1.37. The Bertz CT molecular complexity index is 1010. The van der Waals surface area contributed by atoms with Crippen molar-refractivity contribution in [1.29, 1.82) is 5.26 Å². The van der Waals surface area contributed by atoms with E-state index in [1.807, 2.05) is 7.05 Å². The van der Waals surface area contributed by atoms with Gasteiger partial charge in [-0.3, -0.25) is 9.78 Å². The number of nitrogens with zero attached hydrogens (tertiary/aromatic N) is 4. The summed E-state index contributed by atoms with van der Waals surface area (Å²) in [6.07, 6.45) is -1.46. The van der Waals surface area contributed by atoms with Crippen molar-refractivity contribution in [2.24, 2.45) is 11.8 Å². The lowest BCUT2D eigenvalue weighted by atomic mass is 9.93. The number of halogens is 3. The Balaban J connectivity index is 1.60. The fourth-order valence-corrected chi connectivity index (χ4v) is 4.58. The van der Waals surface area contributed by atoms with Crippen LogP contribution in [-0.2, 0) is 4.79 Å². The zero-order valence-electron chi connectivity index (χ0n) is 17.2. The molecule has 164 valence electrons. The summed E-state index contributed by atoms with van der Waals surface area (Å²) in [5, 5.41) is 12.8. The van der Waals surface area contributed by atoms with Crippen molar-refractivity contribution in [3.05, 3.63) is 36.0 Å². The van der Waals surface area contributed by atoms with Gasteiger partial charge < -0.3 is 15.1 Å². The first kappa shape index (κ1) is 21.4. The molecule has 0 unspecified atom stereocenters. The molecule has 1 N–H and O–H groups in total. The number of benzene rings is 1. The van der Waals surface area contributed by atoms with Crippen molar-refractivity contribution in [2.75, 3.05) is 38.1 Å². The molecule has 2 aromatic rings. The second-order valence-corrected chi connectivity index (χ2v) is 8.39. The number of likely N-dealkylation sites (tertiary alicyclic amines) is 1. The van der Waals surface area contributed by atoms with Gasteiger partial charge in [-0.1, -0.05) is 0 Å². The zero-order chi connectivity index (χ0) is 22.2. The number of rotatable bonds is 3. The summed E-state index contributed by atoms with van der Waals surface area (Å²) < 4.78 is 41.6. The highest BCUT2D eigenvalue weighted by Gasteiger charge is 2.52. The van der Waals surface area contributed by atoms with Gasteiger partial charge in [0.1, 0.15) is 6.07 Å². The number of pyridine rings is 1. The smallest absolute Gasteiger partial charge is 0.370 e. The molecule has 4 rings (SSSR count). The SMILES string of the molecule is CN1CCC(NC(=O)[C@H]2CN(c3ccc(C#N)c4ncccc34)C[C@@H]2C(F)(F)F)CC1. The van der Waals surface area contributed by atoms with E-state index in [1.54, 1.807) is 35.4 Å². The molecule has 3 heterocycles. The van der Waals surface area contributed by atoms with Crippen LogP contribution in [0.4, 0.5) is 18.9 Å². The Kier molecular flexibility index (Phi) is 5.75. The second-order valence-electron chi connectivity index (χ2n) is 8.39. The van der Waals surface area contributed by atoms with E-state index in [-0.39, 0.29) is 19.1 Å². The van der Waals surface area contributed by atoms with Crippen LogP contribution in [0.25, 0.3) is 10.9 Å². The number of carbonyl (C=O) groups is 1. The molecule has 2 fully saturated rings. The number of piperidine rings is 1. The zero-order valence-corrected chi connectivity index (χ0v) is 17.2. The molecular formula is C22H24F3N5O.